The molecule has 1 amide bonds. The average Bonchev–Trinajstić information content (AvgIpc) is 2.86. The van der Waals surface area contributed by atoms with Crippen molar-refractivity contribution < 1.29 is 4.79 Å². The highest BCUT2D eigenvalue weighted by molar-refractivity contribution is 6.31. The van der Waals surface area contributed by atoms with E-state index in [1.165, 1.54) is 5.56 Å². The van der Waals surface area contributed by atoms with Crippen molar-refractivity contribution >= 4 is 39.8 Å². The predicted molar refractivity (Wildman–Crippen MR) is 139 cm³/mol. The van der Waals surface area contributed by atoms with Gasteiger partial charge in [0.25, 0.3) is 5.91 Å². The molecule has 1 aliphatic rings. The molecular formula is C28H27ClN4O. The number of likely N-dealkylation sites (tertiary alicyclic amines) is 1. The lowest BCUT2D eigenvalue weighted by Gasteiger charge is -2.32. The highest BCUT2D eigenvalue weighted by Crippen LogP contribution is 2.28. The molecule has 5 rings (SSSR count). The molecule has 0 bridgehead atoms. The number of amides is 1. The largest absolute Gasteiger partial charge is 0.354 e. The maximum absolute atomic E-state index is 13.2. The summed E-state index contributed by atoms with van der Waals surface area (Å²) in [4.78, 5) is 20.1. The van der Waals surface area contributed by atoms with Crippen LogP contribution in [-0.2, 0) is 6.54 Å². The molecule has 34 heavy (non-hydrogen) atoms. The minimum absolute atomic E-state index is 0.0500. The minimum Gasteiger partial charge on any atom is -0.354 e. The Morgan fingerprint density at radius 1 is 0.941 bits per heavy atom. The van der Waals surface area contributed by atoms with Gasteiger partial charge in [-0.15, -0.1) is 0 Å². The number of para-hydroxylation sites is 1. The van der Waals surface area contributed by atoms with Gasteiger partial charge in [0, 0.05) is 48.0 Å². The monoisotopic (exact) mass is 470 g/mol. The van der Waals surface area contributed by atoms with Crippen LogP contribution in [0.15, 0.2) is 85.1 Å². The molecule has 0 saturated carbocycles. The molecule has 1 aromatic heterocycles. The fourth-order valence-corrected chi connectivity index (χ4v) is 4.67. The van der Waals surface area contributed by atoms with E-state index >= 15 is 0 Å². The van der Waals surface area contributed by atoms with Gasteiger partial charge in [0.05, 0.1) is 16.8 Å². The molecular weight excluding hydrogens is 444 g/mol. The highest BCUT2D eigenvalue weighted by Gasteiger charge is 2.22. The fraction of sp³-hybridized carbons (Fsp3) is 0.214. The number of rotatable bonds is 6. The molecule has 1 aliphatic heterocycles. The highest BCUT2D eigenvalue weighted by atomic mass is 35.5. The second-order valence-corrected chi connectivity index (χ2v) is 9.14. The van der Waals surface area contributed by atoms with Gasteiger partial charge in [-0.05, 0) is 54.8 Å². The summed E-state index contributed by atoms with van der Waals surface area (Å²) < 4.78 is 0. The molecule has 0 unspecified atom stereocenters. The summed E-state index contributed by atoms with van der Waals surface area (Å²) in [5.41, 5.74) is 4.42. The number of fused-ring (bicyclic) bond motifs is 1. The maximum atomic E-state index is 13.2. The number of carbonyl (C=O) groups is 1. The Hall–Kier alpha value is -3.41. The van der Waals surface area contributed by atoms with Gasteiger partial charge in [-0.3, -0.25) is 14.7 Å². The van der Waals surface area contributed by atoms with Gasteiger partial charge in [0.1, 0.15) is 0 Å². The second-order valence-electron chi connectivity index (χ2n) is 8.70. The average molecular weight is 471 g/mol. The first-order chi connectivity index (χ1) is 16.7. The van der Waals surface area contributed by atoms with Gasteiger partial charge in [0.2, 0.25) is 0 Å². The number of hydrogen-bond acceptors (Lipinski definition) is 4. The number of halogens is 1. The topological polar surface area (TPSA) is 57.3 Å². The number of hydrogen-bond donors (Lipinski definition) is 2. The van der Waals surface area contributed by atoms with Crippen LogP contribution in [0.2, 0.25) is 5.02 Å². The smallest absolute Gasteiger partial charge is 0.253 e. The quantitative estimate of drug-likeness (QED) is 0.361. The Bertz CT molecular complexity index is 1290. The SMILES string of the molecule is O=C(NC1CCN(Cc2ccccc2)CC1)c1ccccc1Nc1ccnc2cc(Cl)ccc12. The zero-order valence-corrected chi connectivity index (χ0v) is 19.6. The van der Waals surface area contributed by atoms with E-state index in [1.807, 2.05) is 54.6 Å². The van der Waals surface area contributed by atoms with E-state index < -0.39 is 0 Å². The molecule has 6 heteroatoms. The molecule has 1 saturated heterocycles. The summed E-state index contributed by atoms with van der Waals surface area (Å²) in [5.74, 6) is -0.0500. The van der Waals surface area contributed by atoms with Crippen molar-refractivity contribution in [3.63, 3.8) is 0 Å². The van der Waals surface area contributed by atoms with Crippen molar-refractivity contribution in [3.8, 4) is 0 Å². The zero-order chi connectivity index (χ0) is 23.3. The molecule has 4 aromatic rings. The number of benzene rings is 3. The first-order valence-electron chi connectivity index (χ1n) is 11.6. The van der Waals surface area contributed by atoms with E-state index in [9.17, 15) is 4.79 Å². The van der Waals surface area contributed by atoms with Crippen LogP contribution in [0.3, 0.4) is 0 Å². The lowest BCUT2D eigenvalue weighted by Crippen LogP contribution is -2.44. The van der Waals surface area contributed by atoms with Crippen LogP contribution in [0.4, 0.5) is 11.4 Å². The van der Waals surface area contributed by atoms with Crippen LogP contribution in [-0.4, -0.2) is 34.9 Å². The van der Waals surface area contributed by atoms with E-state index in [0.717, 1.165) is 54.8 Å². The summed E-state index contributed by atoms with van der Waals surface area (Å²) in [6.45, 7) is 2.91. The van der Waals surface area contributed by atoms with Crippen LogP contribution >= 0.6 is 11.6 Å². The molecule has 0 aliphatic carbocycles. The van der Waals surface area contributed by atoms with Crippen molar-refractivity contribution in [1.82, 2.24) is 15.2 Å². The fourth-order valence-electron chi connectivity index (χ4n) is 4.51. The van der Waals surface area contributed by atoms with E-state index in [0.29, 0.717) is 10.6 Å². The molecule has 3 aromatic carbocycles. The molecule has 2 heterocycles. The standard InChI is InChI=1S/C28H27ClN4O/c29-21-10-11-23-26(12-15-30-27(23)18-21)32-25-9-5-4-8-24(25)28(34)31-22-13-16-33(17-14-22)19-20-6-2-1-3-7-20/h1-12,15,18,22H,13-14,16-17,19H2,(H,30,32)(H,31,34). The number of piperidine rings is 1. The second kappa shape index (κ2) is 10.2. The van der Waals surface area contributed by atoms with Gasteiger partial charge < -0.3 is 10.6 Å². The Kier molecular flexibility index (Phi) is 6.74. The van der Waals surface area contributed by atoms with E-state index in [2.05, 4.69) is 44.8 Å². The number of nitrogens with zero attached hydrogens (tertiary/aromatic N) is 2. The van der Waals surface area contributed by atoms with Crippen LogP contribution in [0, 0.1) is 0 Å². The maximum Gasteiger partial charge on any atom is 0.253 e. The predicted octanol–water partition coefficient (Wildman–Crippen LogP) is 6.03. The molecule has 172 valence electrons. The Morgan fingerprint density at radius 2 is 1.71 bits per heavy atom. The van der Waals surface area contributed by atoms with Crippen molar-refractivity contribution in [2.24, 2.45) is 0 Å². The molecule has 1 fully saturated rings. The summed E-state index contributed by atoms with van der Waals surface area (Å²) in [7, 11) is 0. The third-order valence-electron chi connectivity index (χ3n) is 6.32. The summed E-state index contributed by atoms with van der Waals surface area (Å²) >= 11 is 6.12. The number of carbonyl (C=O) groups excluding carboxylic acids is 1. The van der Waals surface area contributed by atoms with E-state index in [-0.39, 0.29) is 11.9 Å². The van der Waals surface area contributed by atoms with Crippen LogP contribution in [0.1, 0.15) is 28.8 Å². The first-order valence-corrected chi connectivity index (χ1v) is 12.0. The molecule has 2 N–H and O–H groups in total. The van der Waals surface area contributed by atoms with Gasteiger partial charge in [-0.25, -0.2) is 0 Å². The Labute approximate surface area is 204 Å². The number of aromatic nitrogens is 1. The molecule has 0 radical (unpaired) electrons. The third-order valence-corrected chi connectivity index (χ3v) is 6.55. The van der Waals surface area contributed by atoms with Gasteiger partial charge >= 0.3 is 0 Å². The van der Waals surface area contributed by atoms with Crippen LogP contribution < -0.4 is 10.6 Å². The van der Waals surface area contributed by atoms with Gasteiger partial charge in [-0.2, -0.15) is 0 Å². The minimum atomic E-state index is -0.0500. The summed E-state index contributed by atoms with van der Waals surface area (Å²) in [6, 6.07) is 25.9. The van der Waals surface area contributed by atoms with E-state index in [4.69, 9.17) is 11.6 Å². The Balaban J connectivity index is 1.25. The zero-order valence-electron chi connectivity index (χ0n) is 18.9. The number of pyridine rings is 1. The lowest BCUT2D eigenvalue weighted by molar-refractivity contribution is 0.0910. The van der Waals surface area contributed by atoms with Crippen molar-refractivity contribution in [1.29, 1.82) is 0 Å². The van der Waals surface area contributed by atoms with Crippen molar-refractivity contribution in [2.75, 3.05) is 18.4 Å². The van der Waals surface area contributed by atoms with Gasteiger partial charge in [-0.1, -0.05) is 54.1 Å². The van der Waals surface area contributed by atoms with Crippen molar-refractivity contribution in [2.45, 2.75) is 25.4 Å². The van der Waals surface area contributed by atoms with E-state index in [1.54, 1.807) is 6.20 Å². The third kappa shape index (κ3) is 5.22. The van der Waals surface area contributed by atoms with Crippen LogP contribution in [0.25, 0.3) is 10.9 Å². The van der Waals surface area contributed by atoms with Crippen LogP contribution in [0.5, 0.6) is 0 Å². The lowest BCUT2D eigenvalue weighted by atomic mass is 10.0. The summed E-state index contributed by atoms with van der Waals surface area (Å²) in [6.07, 6.45) is 3.64. The molecule has 0 atom stereocenters. The normalized spacial score (nSPS) is 14.7. The number of anilines is 2. The van der Waals surface area contributed by atoms with Crippen molar-refractivity contribution in [3.05, 3.63) is 101 Å². The summed E-state index contributed by atoms with van der Waals surface area (Å²) in [5, 5.41) is 8.29. The Morgan fingerprint density at radius 3 is 2.53 bits per heavy atom. The number of nitrogens with one attached hydrogen (secondary N) is 2. The molecule has 0 spiro atoms. The first kappa shape index (κ1) is 22.4. The van der Waals surface area contributed by atoms with Gasteiger partial charge in [0.15, 0.2) is 0 Å². The molecule has 5 nitrogen and oxygen atoms in total.